The second kappa shape index (κ2) is 7.93. The minimum atomic E-state index is -4.45. The molecule has 8 heteroatoms. The lowest BCUT2D eigenvalue weighted by molar-refractivity contribution is -0.137. The van der Waals surface area contributed by atoms with E-state index < -0.39 is 17.8 Å². The molecule has 0 aliphatic carbocycles. The van der Waals surface area contributed by atoms with Crippen molar-refractivity contribution < 1.29 is 22.8 Å². The summed E-state index contributed by atoms with van der Waals surface area (Å²) in [6.07, 6.45) is -2.54. The number of rotatable bonds is 4. The number of alkyl halides is 3. The molecule has 4 rings (SSSR count). The molecule has 0 amide bonds. The Morgan fingerprint density at radius 1 is 0.933 bits per heavy atom. The number of halogens is 4. The summed E-state index contributed by atoms with van der Waals surface area (Å²) in [4.78, 5) is 4.02. The predicted molar refractivity (Wildman–Crippen MR) is 106 cm³/mol. The monoisotopic (exact) mass is 430 g/mol. The van der Waals surface area contributed by atoms with Gasteiger partial charge in [0.2, 0.25) is 0 Å². The molecule has 2 heterocycles. The van der Waals surface area contributed by atoms with Crippen LogP contribution in [0.2, 0.25) is 5.02 Å². The topological polar surface area (TPSA) is 59.2 Å². The predicted octanol–water partition coefficient (Wildman–Crippen LogP) is 6.16. The van der Waals surface area contributed by atoms with Crippen molar-refractivity contribution in [2.75, 3.05) is 0 Å². The number of aliphatic hydroxyl groups is 1. The Morgan fingerprint density at radius 2 is 1.60 bits per heavy atom. The Labute approximate surface area is 174 Å². The first-order chi connectivity index (χ1) is 14.3. The molecule has 0 saturated carbocycles. The van der Waals surface area contributed by atoms with Crippen LogP contribution in [0, 0.1) is 0 Å². The number of pyridine rings is 1. The van der Waals surface area contributed by atoms with E-state index in [4.69, 9.17) is 16.1 Å². The Balaban J connectivity index is 1.86. The molecule has 2 aromatic heterocycles. The standard InChI is InChI=1S/C22H14ClF3N2O2/c23-17-9-5-14(6-10-17)21-18(20(29)15-2-1-11-27-12-15)19(28-30-21)13-3-7-16(8-4-13)22(24,25)26/h1-12,20,29H. The van der Waals surface area contributed by atoms with Crippen molar-refractivity contribution in [3.63, 3.8) is 0 Å². The number of aliphatic hydroxyl groups excluding tert-OH is 1. The Kier molecular flexibility index (Phi) is 5.32. The fourth-order valence-electron chi connectivity index (χ4n) is 3.09. The number of aromatic nitrogens is 2. The first-order valence-electron chi connectivity index (χ1n) is 8.85. The summed E-state index contributed by atoms with van der Waals surface area (Å²) >= 11 is 5.95. The lowest BCUT2D eigenvalue weighted by Crippen LogP contribution is -2.05. The summed E-state index contributed by atoms with van der Waals surface area (Å²) in [6.45, 7) is 0. The molecule has 0 aliphatic heterocycles. The van der Waals surface area contributed by atoms with Crippen molar-refractivity contribution in [3.05, 3.63) is 94.8 Å². The molecule has 1 N–H and O–H groups in total. The first-order valence-corrected chi connectivity index (χ1v) is 9.23. The zero-order valence-corrected chi connectivity index (χ0v) is 16.0. The normalized spacial score (nSPS) is 12.7. The SMILES string of the molecule is OC(c1cccnc1)c1c(-c2ccc(C(F)(F)F)cc2)noc1-c1ccc(Cl)cc1. The van der Waals surface area contributed by atoms with E-state index in [9.17, 15) is 18.3 Å². The average molecular weight is 431 g/mol. The molecular formula is C22H14ClF3N2O2. The van der Waals surface area contributed by atoms with Gasteiger partial charge in [0.1, 0.15) is 11.8 Å². The Bertz CT molecular complexity index is 1140. The first kappa shape index (κ1) is 20.1. The molecule has 4 aromatic rings. The van der Waals surface area contributed by atoms with Crippen LogP contribution < -0.4 is 0 Å². The van der Waals surface area contributed by atoms with E-state index in [1.54, 1.807) is 42.6 Å². The van der Waals surface area contributed by atoms with Gasteiger partial charge in [0.15, 0.2) is 5.76 Å². The van der Waals surface area contributed by atoms with E-state index in [-0.39, 0.29) is 11.5 Å². The van der Waals surface area contributed by atoms with Gasteiger partial charge in [0.25, 0.3) is 0 Å². The fraction of sp³-hybridized carbons (Fsp3) is 0.0909. The van der Waals surface area contributed by atoms with Crippen molar-refractivity contribution in [1.29, 1.82) is 0 Å². The van der Waals surface area contributed by atoms with Crippen LogP contribution in [-0.2, 0) is 6.18 Å². The fourth-order valence-corrected chi connectivity index (χ4v) is 3.22. The zero-order chi connectivity index (χ0) is 21.3. The van der Waals surface area contributed by atoms with Crippen LogP contribution in [0.1, 0.15) is 22.8 Å². The van der Waals surface area contributed by atoms with Gasteiger partial charge in [-0.25, -0.2) is 0 Å². The van der Waals surface area contributed by atoms with E-state index in [0.717, 1.165) is 12.1 Å². The molecule has 152 valence electrons. The third-order valence-corrected chi connectivity index (χ3v) is 4.85. The maximum atomic E-state index is 12.9. The third kappa shape index (κ3) is 3.94. The number of hydrogen-bond donors (Lipinski definition) is 1. The molecule has 30 heavy (non-hydrogen) atoms. The van der Waals surface area contributed by atoms with E-state index in [1.807, 2.05) is 0 Å². The van der Waals surface area contributed by atoms with E-state index in [2.05, 4.69) is 10.1 Å². The second-order valence-corrected chi connectivity index (χ2v) is 6.98. The molecule has 0 fully saturated rings. The molecule has 0 aliphatic rings. The number of nitrogens with zero attached hydrogens (tertiary/aromatic N) is 2. The summed E-state index contributed by atoms with van der Waals surface area (Å²) in [5.41, 5.74) is 1.27. The number of hydrogen-bond acceptors (Lipinski definition) is 4. The van der Waals surface area contributed by atoms with Crippen LogP contribution in [0.5, 0.6) is 0 Å². The van der Waals surface area contributed by atoms with Crippen LogP contribution in [0.3, 0.4) is 0 Å². The molecule has 0 radical (unpaired) electrons. The average Bonchev–Trinajstić information content (AvgIpc) is 3.19. The van der Waals surface area contributed by atoms with Gasteiger partial charge in [0, 0.05) is 34.1 Å². The van der Waals surface area contributed by atoms with Gasteiger partial charge in [-0.05, 0) is 42.5 Å². The van der Waals surface area contributed by atoms with Gasteiger partial charge in [-0.1, -0.05) is 35.0 Å². The third-order valence-electron chi connectivity index (χ3n) is 4.59. The minimum absolute atomic E-state index is 0.241. The Hall–Kier alpha value is -3.16. The lowest BCUT2D eigenvalue weighted by atomic mass is 9.94. The van der Waals surface area contributed by atoms with Crippen molar-refractivity contribution in [2.45, 2.75) is 12.3 Å². The van der Waals surface area contributed by atoms with E-state index in [1.165, 1.54) is 18.3 Å². The minimum Gasteiger partial charge on any atom is -0.383 e. The van der Waals surface area contributed by atoms with Gasteiger partial charge in [-0.15, -0.1) is 0 Å². The van der Waals surface area contributed by atoms with Crippen molar-refractivity contribution in [1.82, 2.24) is 10.1 Å². The number of benzene rings is 2. The summed E-state index contributed by atoms with van der Waals surface area (Å²) in [7, 11) is 0. The quantitative estimate of drug-likeness (QED) is 0.421. The second-order valence-electron chi connectivity index (χ2n) is 6.54. The highest BCUT2D eigenvalue weighted by Crippen LogP contribution is 2.40. The van der Waals surface area contributed by atoms with Crippen molar-refractivity contribution >= 4 is 11.6 Å². The van der Waals surface area contributed by atoms with Gasteiger partial charge in [-0.2, -0.15) is 13.2 Å². The van der Waals surface area contributed by atoms with Gasteiger partial charge in [-0.3, -0.25) is 4.98 Å². The lowest BCUT2D eigenvalue weighted by Gasteiger charge is -2.13. The van der Waals surface area contributed by atoms with Crippen LogP contribution >= 0.6 is 11.6 Å². The molecule has 2 aromatic carbocycles. The summed E-state index contributed by atoms with van der Waals surface area (Å²) in [6, 6.07) is 14.6. The van der Waals surface area contributed by atoms with Gasteiger partial charge < -0.3 is 9.63 Å². The molecule has 1 unspecified atom stereocenters. The highest BCUT2D eigenvalue weighted by atomic mass is 35.5. The van der Waals surface area contributed by atoms with Crippen LogP contribution in [0.25, 0.3) is 22.6 Å². The molecule has 0 saturated heterocycles. The summed E-state index contributed by atoms with van der Waals surface area (Å²) < 4.78 is 44.3. The largest absolute Gasteiger partial charge is 0.416 e. The van der Waals surface area contributed by atoms with Gasteiger partial charge in [0.05, 0.1) is 11.1 Å². The highest BCUT2D eigenvalue weighted by Gasteiger charge is 2.31. The maximum Gasteiger partial charge on any atom is 0.416 e. The molecular weight excluding hydrogens is 417 g/mol. The smallest absolute Gasteiger partial charge is 0.383 e. The van der Waals surface area contributed by atoms with E-state index in [0.29, 0.717) is 27.3 Å². The van der Waals surface area contributed by atoms with Crippen LogP contribution in [0.4, 0.5) is 13.2 Å². The highest BCUT2D eigenvalue weighted by molar-refractivity contribution is 6.30. The van der Waals surface area contributed by atoms with Crippen molar-refractivity contribution in [2.24, 2.45) is 0 Å². The molecule has 1 atom stereocenters. The van der Waals surface area contributed by atoms with Crippen LogP contribution in [0.15, 0.2) is 77.6 Å². The molecule has 0 bridgehead atoms. The Morgan fingerprint density at radius 3 is 2.20 bits per heavy atom. The summed E-state index contributed by atoms with van der Waals surface area (Å²) in [5.74, 6) is 0.290. The molecule has 0 spiro atoms. The zero-order valence-electron chi connectivity index (χ0n) is 15.3. The van der Waals surface area contributed by atoms with E-state index >= 15 is 0 Å². The van der Waals surface area contributed by atoms with Gasteiger partial charge >= 0.3 is 6.18 Å². The van der Waals surface area contributed by atoms with Crippen LogP contribution in [-0.4, -0.2) is 15.2 Å². The molecule has 4 nitrogen and oxygen atoms in total. The maximum absolute atomic E-state index is 12.9. The van der Waals surface area contributed by atoms with Crippen molar-refractivity contribution in [3.8, 4) is 22.6 Å². The summed E-state index contributed by atoms with van der Waals surface area (Å²) in [5, 5.41) is 15.6.